The summed E-state index contributed by atoms with van der Waals surface area (Å²) in [5.41, 5.74) is 1.00. The first-order valence-electron chi connectivity index (χ1n) is 7.56. The summed E-state index contributed by atoms with van der Waals surface area (Å²) in [5, 5.41) is 8.47. The third kappa shape index (κ3) is 2.14. The van der Waals surface area contributed by atoms with Crippen LogP contribution in [0.5, 0.6) is 0 Å². The Morgan fingerprint density at radius 2 is 1.70 bits per heavy atom. The van der Waals surface area contributed by atoms with Gasteiger partial charge in [-0.3, -0.25) is 0 Å². The van der Waals surface area contributed by atoms with E-state index in [1.54, 1.807) is 0 Å². The molecule has 4 heteroatoms. The molecular weight excluding hydrogens is 250 g/mol. The summed E-state index contributed by atoms with van der Waals surface area (Å²) < 4.78 is 7.04. The zero-order valence-electron chi connectivity index (χ0n) is 11.7. The molecule has 104 valence electrons. The van der Waals surface area contributed by atoms with Gasteiger partial charge in [0.15, 0.2) is 6.54 Å². The molecule has 4 heterocycles. The molecule has 20 heavy (non-hydrogen) atoms. The van der Waals surface area contributed by atoms with E-state index in [0.29, 0.717) is 5.89 Å². The second-order valence-electron chi connectivity index (χ2n) is 6.27. The van der Waals surface area contributed by atoms with Crippen molar-refractivity contribution in [3.8, 4) is 11.5 Å². The standard InChI is InChI=1S/C16H20N3O/c1-2-4-14(5-3-1)16-18-17-15(20-16)12-19-9-6-13(7-10-19)8-11-19/h1-5,13H,6-12H2/q+1. The van der Waals surface area contributed by atoms with Crippen LogP contribution in [0.2, 0.25) is 0 Å². The third-order valence-corrected chi connectivity index (χ3v) is 4.99. The van der Waals surface area contributed by atoms with Gasteiger partial charge in [0.05, 0.1) is 19.6 Å². The lowest BCUT2D eigenvalue weighted by atomic mass is 9.86. The van der Waals surface area contributed by atoms with E-state index in [2.05, 4.69) is 10.2 Å². The van der Waals surface area contributed by atoms with Crippen molar-refractivity contribution >= 4 is 0 Å². The summed E-state index contributed by atoms with van der Waals surface area (Å²) in [6.07, 6.45) is 4.12. The zero-order valence-corrected chi connectivity index (χ0v) is 11.7. The van der Waals surface area contributed by atoms with Gasteiger partial charge < -0.3 is 8.90 Å². The minimum absolute atomic E-state index is 0.644. The predicted octanol–water partition coefficient (Wildman–Crippen LogP) is 2.87. The fourth-order valence-corrected chi connectivity index (χ4v) is 3.68. The molecule has 0 saturated carbocycles. The SMILES string of the molecule is c1ccc(-c2nnc(C[N+]34CCC(CC3)CC4)o2)cc1. The van der Waals surface area contributed by atoms with Gasteiger partial charge in [-0.05, 0) is 37.3 Å². The molecule has 3 fully saturated rings. The van der Waals surface area contributed by atoms with Crippen molar-refractivity contribution < 1.29 is 8.90 Å². The van der Waals surface area contributed by atoms with Gasteiger partial charge in [-0.1, -0.05) is 18.2 Å². The molecular formula is C16H20N3O+. The number of piperidine rings is 3. The van der Waals surface area contributed by atoms with E-state index >= 15 is 0 Å². The van der Waals surface area contributed by atoms with E-state index in [1.165, 1.54) is 38.9 Å². The van der Waals surface area contributed by atoms with Crippen LogP contribution in [0.25, 0.3) is 11.5 Å². The Morgan fingerprint density at radius 1 is 1.00 bits per heavy atom. The molecule has 3 aliphatic rings. The number of quaternary nitrogens is 1. The molecule has 0 amide bonds. The van der Waals surface area contributed by atoms with Crippen LogP contribution in [-0.4, -0.2) is 34.3 Å². The lowest BCUT2D eigenvalue weighted by Gasteiger charge is -2.48. The minimum atomic E-state index is 0.644. The number of benzene rings is 1. The van der Waals surface area contributed by atoms with Crippen molar-refractivity contribution in [1.29, 1.82) is 0 Å². The lowest BCUT2D eigenvalue weighted by molar-refractivity contribution is -0.956. The number of hydrogen-bond acceptors (Lipinski definition) is 3. The average Bonchev–Trinajstić information content (AvgIpc) is 2.98. The Kier molecular flexibility index (Phi) is 2.84. The van der Waals surface area contributed by atoms with Gasteiger partial charge in [0.25, 0.3) is 5.89 Å². The highest BCUT2D eigenvalue weighted by Gasteiger charge is 2.40. The number of aromatic nitrogens is 2. The number of rotatable bonds is 3. The smallest absolute Gasteiger partial charge is 0.271 e. The Bertz CT molecular complexity index is 571. The maximum atomic E-state index is 5.88. The molecule has 2 aromatic rings. The molecule has 5 rings (SSSR count). The van der Waals surface area contributed by atoms with Crippen molar-refractivity contribution in [3.63, 3.8) is 0 Å². The van der Waals surface area contributed by atoms with Gasteiger partial charge in [0.2, 0.25) is 5.89 Å². The largest absolute Gasteiger partial charge is 0.415 e. The Labute approximate surface area is 119 Å². The molecule has 0 N–H and O–H groups in total. The highest BCUT2D eigenvalue weighted by molar-refractivity contribution is 5.51. The van der Waals surface area contributed by atoms with E-state index in [4.69, 9.17) is 4.42 Å². The van der Waals surface area contributed by atoms with Crippen LogP contribution < -0.4 is 0 Å². The van der Waals surface area contributed by atoms with Crippen molar-refractivity contribution in [2.45, 2.75) is 25.8 Å². The van der Waals surface area contributed by atoms with E-state index < -0.39 is 0 Å². The van der Waals surface area contributed by atoms with Gasteiger partial charge in [0.1, 0.15) is 0 Å². The summed E-state index contributed by atoms with van der Waals surface area (Å²) in [5.74, 6) is 2.42. The first kappa shape index (κ1) is 12.1. The molecule has 1 aromatic carbocycles. The number of nitrogens with zero attached hydrogens (tertiary/aromatic N) is 3. The maximum Gasteiger partial charge on any atom is 0.271 e. The summed E-state index contributed by atoms with van der Waals surface area (Å²) in [6.45, 7) is 4.77. The molecule has 0 atom stereocenters. The van der Waals surface area contributed by atoms with Crippen molar-refractivity contribution in [1.82, 2.24) is 10.2 Å². The van der Waals surface area contributed by atoms with Crippen LogP contribution in [0.4, 0.5) is 0 Å². The normalized spacial score (nSPS) is 28.7. The van der Waals surface area contributed by atoms with Gasteiger partial charge >= 0.3 is 0 Å². The minimum Gasteiger partial charge on any atom is -0.415 e. The molecule has 1 aromatic heterocycles. The van der Waals surface area contributed by atoms with Crippen LogP contribution in [0.15, 0.2) is 34.7 Å². The quantitative estimate of drug-likeness (QED) is 0.805. The maximum absolute atomic E-state index is 5.88. The van der Waals surface area contributed by atoms with Crippen LogP contribution in [0.1, 0.15) is 25.2 Å². The first-order chi connectivity index (χ1) is 9.83. The average molecular weight is 270 g/mol. The molecule has 2 bridgehead atoms. The van der Waals surface area contributed by atoms with Crippen LogP contribution in [0, 0.1) is 5.92 Å². The molecule has 0 unspecified atom stereocenters. The second-order valence-corrected chi connectivity index (χ2v) is 6.27. The van der Waals surface area contributed by atoms with Crippen molar-refractivity contribution in [2.24, 2.45) is 5.92 Å². The first-order valence-corrected chi connectivity index (χ1v) is 7.56. The summed E-state index contributed by atoms with van der Waals surface area (Å²) in [4.78, 5) is 0. The van der Waals surface area contributed by atoms with Gasteiger partial charge in [-0.15, -0.1) is 10.2 Å². The second kappa shape index (κ2) is 4.70. The van der Waals surface area contributed by atoms with E-state index in [0.717, 1.165) is 28.4 Å². The van der Waals surface area contributed by atoms with Crippen LogP contribution in [-0.2, 0) is 6.54 Å². The number of fused-ring (bicyclic) bond motifs is 3. The van der Waals surface area contributed by atoms with E-state index in [9.17, 15) is 0 Å². The molecule has 0 aliphatic carbocycles. The molecule has 4 nitrogen and oxygen atoms in total. The molecule has 0 spiro atoms. The van der Waals surface area contributed by atoms with Crippen molar-refractivity contribution in [3.05, 3.63) is 36.2 Å². The number of hydrogen-bond donors (Lipinski definition) is 0. The van der Waals surface area contributed by atoms with Crippen LogP contribution >= 0.6 is 0 Å². The lowest BCUT2D eigenvalue weighted by Crippen LogP contribution is -2.57. The Hall–Kier alpha value is -1.68. The highest BCUT2D eigenvalue weighted by Crippen LogP contribution is 2.35. The van der Waals surface area contributed by atoms with E-state index in [-0.39, 0.29) is 0 Å². The fraction of sp³-hybridized carbons (Fsp3) is 0.500. The third-order valence-electron chi connectivity index (χ3n) is 4.99. The summed E-state index contributed by atoms with van der Waals surface area (Å²) >= 11 is 0. The Morgan fingerprint density at radius 3 is 2.40 bits per heavy atom. The van der Waals surface area contributed by atoms with Crippen molar-refractivity contribution in [2.75, 3.05) is 19.6 Å². The molecule has 3 saturated heterocycles. The summed E-state index contributed by atoms with van der Waals surface area (Å²) in [7, 11) is 0. The summed E-state index contributed by atoms with van der Waals surface area (Å²) in [6, 6.07) is 10.0. The zero-order chi connectivity index (χ0) is 13.4. The topological polar surface area (TPSA) is 38.9 Å². The predicted molar refractivity (Wildman–Crippen MR) is 75.6 cm³/mol. The van der Waals surface area contributed by atoms with E-state index in [1.807, 2.05) is 30.3 Å². The molecule has 3 aliphatic heterocycles. The monoisotopic (exact) mass is 270 g/mol. The highest BCUT2D eigenvalue weighted by atomic mass is 16.4. The van der Waals surface area contributed by atoms with Crippen LogP contribution in [0.3, 0.4) is 0 Å². The fourth-order valence-electron chi connectivity index (χ4n) is 3.68. The van der Waals surface area contributed by atoms with Gasteiger partial charge in [0, 0.05) is 5.56 Å². The molecule has 0 radical (unpaired) electrons. The van der Waals surface area contributed by atoms with Gasteiger partial charge in [-0.25, -0.2) is 0 Å². The van der Waals surface area contributed by atoms with Gasteiger partial charge in [-0.2, -0.15) is 0 Å². The Balaban J connectivity index is 1.54.